The van der Waals surface area contributed by atoms with Gasteiger partial charge in [0.2, 0.25) is 0 Å². The van der Waals surface area contributed by atoms with Crippen molar-refractivity contribution in [1.82, 2.24) is 15.1 Å². The van der Waals surface area contributed by atoms with Crippen LogP contribution in [0.15, 0.2) is 47.6 Å². The number of rotatable bonds is 4. The summed E-state index contributed by atoms with van der Waals surface area (Å²) < 4.78 is 2.09. The minimum absolute atomic E-state index is 0.0283. The lowest BCUT2D eigenvalue weighted by molar-refractivity contribution is 0.0905. The average molecular weight is 404 g/mol. The lowest BCUT2D eigenvalue weighted by atomic mass is 9.74. The van der Waals surface area contributed by atoms with Gasteiger partial charge in [0.1, 0.15) is 0 Å². The molecule has 0 aliphatic heterocycles. The van der Waals surface area contributed by atoms with Crippen molar-refractivity contribution in [2.24, 2.45) is 5.92 Å². The number of hydrogen-bond donors (Lipinski definition) is 1. The van der Waals surface area contributed by atoms with Gasteiger partial charge in [-0.25, -0.2) is 0 Å². The molecular weight excluding hydrogens is 370 g/mol. The molecule has 30 heavy (non-hydrogen) atoms. The predicted octanol–water partition coefficient (Wildman–Crippen LogP) is 5.94. The van der Waals surface area contributed by atoms with Crippen LogP contribution in [0.4, 0.5) is 0 Å². The molecule has 5 rings (SSSR count). The molecule has 4 nitrogen and oxygen atoms in total. The molecule has 1 saturated carbocycles. The maximum Gasteiger partial charge on any atom is 0.273 e. The van der Waals surface area contributed by atoms with E-state index in [9.17, 15) is 4.79 Å². The molecule has 1 atom stereocenters. The van der Waals surface area contributed by atoms with Crippen molar-refractivity contribution in [2.45, 2.75) is 83.2 Å². The number of benzene rings is 1. The van der Waals surface area contributed by atoms with E-state index in [0.29, 0.717) is 11.6 Å². The van der Waals surface area contributed by atoms with Crippen LogP contribution in [-0.2, 0) is 6.54 Å². The number of hydrogen-bond acceptors (Lipinski definition) is 2. The van der Waals surface area contributed by atoms with Crippen molar-refractivity contribution in [2.75, 3.05) is 0 Å². The highest BCUT2D eigenvalue weighted by Crippen LogP contribution is 2.39. The number of carbonyl (C=O) groups is 1. The van der Waals surface area contributed by atoms with Crippen LogP contribution >= 0.6 is 0 Å². The van der Waals surface area contributed by atoms with Crippen LogP contribution in [0, 0.1) is 5.92 Å². The molecule has 1 heterocycles. The van der Waals surface area contributed by atoms with Crippen LogP contribution in [-0.4, -0.2) is 21.2 Å². The molecule has 0 unspecified atom stereocenters. The lowest BCUT2D eigenvalue weighted by Gasteiger charge is -2.39. The average Bonchev–Trinajstić information content (AvgIpc) is 3.13. The van der Waals surface area contributed by atoms with Crippen LogP contribution in [0.3, 0.4) is 0 Å². The summed E-state index contributed by atoms with van der Waals surface area (Å²) in [6.07, 6.45) is 16.5. The Balaban J connectivity index is 1.44. The van der Waals surface area contributed by atoms with Crippen molar-refractivity contribution >= 4 is 16.8 Å². The molecule has 0 radical (unpaired) electrons. The van der Waals surface area contributed by atoms with Gasteiger partial charge in [-0.3, -0.25) is 9.48 Å². The number of carbonyl (C=O) groups excluding carboxylic acids is 1. The van der Waals surface area contributed by atoms with Gasteiger partial charge in [-0.1, -0.05) is 49.6 Å². The summed E-state index contributed by atoms with van der Waals surface area (Å²) in [7, 11) is 0. The molecule has 3 aliphatic rings. The summed E-state index contributed by atoms with van der Waals surface area (Å²) in [6, 6.07) is 8.22. The first-order valence-corrected chi connectivity index (χ1v) is 11.8. The van der Waals surface area contributed by atoms with Gasteiger partial charge < -0.3 is 5.32 Å². The first-order valence-electron chi connectivity index (χ1n) is 11.8. The summed E-state index contributed by atoms with van der Waals surface area (Å²) in [5.74, 6) is 0.648. The Morgan fingerprint density at radius 2 is 2.00 bits per heavy atom. The maximum absolute atomic E-state index is 13.5. The van der Waals surface area contributed by atoms with E-state index in [1.807, 2.05) is 12.1 Å². The van der Waals surface area contributed by atoms with Gasteiger partial charge >= 0.3 is 0 Å². The predicted molar refractivity (Wildman–Crippen MR) is 121 cm³/mol. The second-order valence-electron chi connectivity index (χ2n) is 9.64. The zero-order valence-corrected chi connectivity index (χ0v) is 18.1. The molecule has 0 spiro atoms. The van der Waals surface area contributed by atoms with Crippen molar-refractivity contribution < 1.29 is 4.79 Å². The van der Waals surface area contributed by atoms with Crippen molar-refractivity contribution in [3.8, 4) is 0 Å². The monoisotopic (exact) mass is 403 g/mol. The van der Waals surface area contributed by atoms with E-state index in [2.05, 4.69) is 41.2 Å². The van der Waals surface area contributed by atoms with E-state index in [1.165, 1.54) is 43.3 Å². The Morgan fingerprint density at radius 3 is 2.87 bits per heavy atom. The van der Waals surface area contributed by atoms with E-state index >= 15 is 0 Å². The molecule has 1 aromatic carbocycles. The number of nitrogens with one attached hydrogen (secondary N) is 1. The van der Waals surface area contributed by atoms with Crippen LogP contribution < -0.4 is 5.32 Å². The van der Waals surface area contributed by atoms with Gasteiger partial charge in [-0.05, 0) is 75.0 Å². The van der Waals surface area contributed by atoms with Gasteiger partial charge in [0.05, 0.1) is 11.1 Å². The Kier molecular flexibility index (Phi) is 5.26. The van der Waals surface area contributed by atoms with Crippen molar-refractivity contribution in [3.63, 3.8) is 0 Å². The standard InChI is InChI=1S/C26H33N3O/c1-26(17-9-13-20-12-5-7-15-22(20)26)27-25(30)24-21-14-6-8-16-23(21)29(28-24)18-19-10-3-2-4-11-19/h5-6,8,12,14,16,19H,2-4,7,9-11,13,15,17-18H2,1H3,(H,27,30)/t26-/m0/s1. The van der Waals surface area contributed by atoms with Gasteiger partial charge in [0.25, 0.3) is 5.91 Å². The van der Waals surface area contributed by atoms with Crippen LogP contribution in [0.1, 0.15) is 81.6 Å². The minimum atomic E-state index is -0.260. The van der Waals surface area contributed by atoms with Crippen LogP contribution in [0.25, 0.3) is 10.9 Å². The number of allylic oxidation sites excluding steroid dienone is 3. The van der Waals surface area contributed by atoms with E-state index in [-0.39, 0.29) is 11.4 Å². The molecule has 1 amide bonds. The molecule has 1 aromatic heterocycles. The van der Waals surface area contributed by atoms with E-state index in [0.717, 1.165) is 49.6 Å². The Morgan fingerprint density at radius 1 is 1.17 bits per heavy atom. The molecule has 1 N–H and O–H groups in total. The second kappa shape index (κ2) is 8.05. The summed E-state index contributed by atoms with van der Waals surface area (Å²) in [5, 5.41) is 9.25. The third-order valence-corrected chi connectivity index (χ3v) is 7.47. The zero-order valence-electron chi connectivity index (χ0n) is 18.1. The fraction of sp³-hybridized carbons (Fsp3) is 0.538. The number of amides is 1. The summed E-state index contributed by atoms with van der Waals surface area (Å²) in [4.78, 5) is 13.5. The third-order valence-electron chi connectivity index (χ3n) is 7.47. The summed E-state index contributed by atoms with van der Waals surface area (Å²) in [6.45, 7) is 3.13. The summed E-state index contributed by atoms with van der Waals surface area (Å²) >= 11 is 0. The second-order valence-corrected chi connectivity index (χ2v) is 9.64. The maximum atomic E-state index is 13.5. The third kappa shape index (κ3) is 3.61. The molecule has 0 saturated heterocycles. The molecule has 158 valence electrons. The Hall–Kier alpha value is -2.36. The van der Waals surface area contributed by atoms with E-state index in [4.69, 9.17) is 5.10 Å². The normalized spacial score (nSPS) is 24.8. The van der Waals surface area contributed by atoms with Gasteiger partial charge in [0.15, 0.2) is 5.69 Å². The van der Waals surface area contributed by atoms with E-state index < -0.39 is 0 Å². The lowest BCUT2D eigenvalue weighted by Crippen LogP contribution is -2.49. The van der Waals surface area contributed by atoms with Gasteiger partial charge in [-0.15, -0.1) is 0 Å². The molecular formula is C26H33N3O. The zero-order chi connectivity index (χ0) is 20.6. The number of aromatic nitrogens is 2. The minimum Gasteiger partial charge on any atom is -0.342 e. The van der Waals surface area contributed by atoms with E-state index in [1.54, 1.807) is 0 Å². The van der Waals surface area contributed by atoms with Crippen molar-refractivity contribution in [3.05, 3.63) is 53.3 Å². The molecule has 1 fully saturated rings. The first-order chi connectivity index (χ1) is 14.6. The SMILES string of the molecule is C[C@]1(NC(=O)c2nn(CC3CCCCC3)c3ccccc23)CCCC2=C1CCC=C2. The van der Waals surface area contributed by atoms with Gasteiger partial charge in [-0.2, -0.15) is 5.10 Å². The number of para-hydroxylation sites is 1. The van der Waals surface area contributed by atoms with Crippen LogP contribution in [0.2, 0.25) is 0 Å². The van der Waals surface area contributed by atoms with Crippen LogP contribution in [0.5, 0.6) is 0 Å². The number of nitrogens with zero attached hydrogens (tertiary/aromatic N) is 2. The molecule has 3 aliphatic carbocycles. The topological polar surface area (TPSA) is 46.9 Å². The largest absolute Gasteiger partial charge is 0.342 e. The highest BCUT2D eigenvalue weighted by Gasteiger charge is 2.36. The molecule has 4 heteroatoms. The molecule has 0 bridgehead atoms. The molecule has 2 aromatic rings. The summed E-state index contributed by atoms with van der Waals surface area (Å²) in [5.41, 5.74) is 4.27. The van der Waals surface area contributed by atoms with Crippen molar-refractivity contribution in [1.29, 1.82) is 0 Å². The Labute approximate surface area is 179 Å². The highest BCUT2D eigenvalue weighted by molar-refractivity contribution is 6.05. The highest BCUT2D eigenvalue weighted by atomic mass is 16.2. The Bertz CT molecular complexity index is 1010. The van der Waals surface area contributed by atoms with Gasteiger partial charge in [0, 0.05) is 11.9 Å². The fourth-order valence-corrected chi connectivity index (χ4v) is 5.86. The quantitative estimate of drug-likeness (QED) is 0.687. The number of fused-ring (bicyclic) bond motifs is 1. The fourth-order valence-electron chi connectivity index (χ4n) is 5.86. The first kappa shape index (κ1) is 19.6. The smallest absolute Gasteiger partial charge is 0.273 e.